The fourth-order valence-corrected chi connectivity index (χ4v) is 2.56. The lowest BCUT2D eigenvalue weighted by atomic mass is 9.84. The average molecular weight is 284 g/mol. The highest BCUT2D eigenvalue weighted by atomic mass is 16.3. The van der Waals surface area contributed by atoms with Crippen LogP contribution in [0.3, 0.4) is 0 Å². The molecule has 0 saturated heterocycles. The molecule has 0 aliphatic carbocycles. The fourth-order valence-electron chi connectivity index (χ4n) is 2.56. The molecule has 2 aromatic carbocycles. The van der Waals surface area contributed by atoms with Gasteiger partial charge in [0.05, 0.1) is 6.61 Å². The minimum atomic E-state index is -0.0369. The standard InChI is InChI=1S/C18H20O3/c1-2-17(13-3-7-15(20)8-4-13)18(11-12-19)14-5-9-16(21)10-6-14/h3-11,17,19-21H,2,12H2,1H3/b18-11+. The van der Waals surface area contributed by atoms with Crippen molar-refractivity contribution in [3.63, 3.8) is 0 Å². The maximum absolute atomic E-state index is 9.42. The minimum absolute atomic E-state index is 0.0369. The third-order valence-corrected chi connectivity index (χ3v) is 3.59. The molecule has 0 fully saturated rings. The van der Waals surface area contributed by atoms with Crippen molar-refractivity contribution in [3.05, 3.63) is 65.7 Å². The van der Waals surface area contributed by atoms with Crippen LogP contribution < -0.4 is 0 Å². The number of aliphatic hydroxyl groups is 1. The van der Waals surface area contributed by atoms with E-state index in [1.54, 1.807) is 30.3 Å². The first-order valence-corrected chi connectivity index (χ1v) is 7.05. The summed E-state index contributed by atoms with van der Waals surface area (Å²) in [5.74, 6) is 0.591. The Bertz CT molecular complexity index is 597. The van der Waals surface area contributed by atoms with Crippen LogP contribution in [0.2, 0.25) is 0 Å². The van der Waals surface area contributed by atoms with Gasteiger partial charge in [0.15, 0.2) is 0 Å². The Labute approximate surface area is 124 Å². The number of aromatic hydroxyl groups is 2. The van der Waals surface area contributed by atoms with Crippen LogP contribution in [-0.4, -0.2) is 21.9 Å². The number of hydrogen-bond acceptors (Lipinski definition) is 3. The van der Waals surface area contributed by atoms with E-state index in [0.29, 0.717) is 0 Å². The van der Waals surface area contributed by atoms with Gasteiger partial charge < -0.3 is 15.3 Å². The first kappa shape index (κ1) is 15.1. The number of rotatable bonds is 5. The molecule has 0 saturated carbocycles. The van der Waals surface area contributed by atoms with Crippen LogP contribution in [0.1, 0.15) is 30.4 Å². The molecule has 0 aliphatic rings. The molecule has 0 spiro atoms. The molecule has 0 heterocycles. The summed E-state index contributed by atoms with van der Waals surface area (Å²) in [5, 5.41) is 28.2. The summed E-state index contributed by atoms with van der Waals surface area (Å²) in [7, 11) is 0. The van der Waals surface area contributed by atoms with Crippen LogP contribution in [0.25, 0.3) is 5.57 Å². The molecule has 1 unspecified atom stereocenters. The van der Waals surface area contributed by atoms with Crippen molar-refractivity contribution in [1.29, 1.82) is 0 Å². The predicted octanol–water partition coefficient (Wildman–Crippen LogP) is 3.67. The van der Waals surface area contributed by atoms with Gasteiger partial charge in [-0.1, -0.05) is 37.3 Å². The lowest BCUT2D eigenvalue weighted by Crippen LogP contribution is -2.02. The van der Waals surface area contributed by atoms with Crippen molar-refractivity contribution in [2.24, 2.45) is 0 Å². The van der Waals surface area contributed by atoms with Gasteiger partial charge >= 0.3 is 0 Å². The smallest absolute Gasteiger partial charge is 0.115 e. The molecule has 21 heavy (non-hydrogen) atoms. The first-order chi connectivity index (χ1) is 10.2. The highest BCUT2D eigenvalue weighted by molar-refractivity contribution is 5.72. The van der Waals surface area contributed by atoms with E-state index in [1.807, 2.05) is 24.3 Å². The zero-order valence-corrected chi connectivity index (χ0v) is 12.0. The van der Waals surface area contributed by atoms with Gasteiger partial charge in [-0.05, 0) is 47.4 Å². The molecule has 110 valence electrons. The average Bonchev–Trinajstić information content (AvgIpc) is 2.50. The molecule has 0 radical (unpaired) electrons. The van der Waals surface area contributed by atoms with Crippen LogP contribution in [0.5, 0.6) is 11.5 Å². The minimum Gasteiger partial charge on any atom is -0.508 e. The summed E-state index contributed by atoms with van der Waals surface area (Å²) in [4.78, 5) is 0. The molecule has 3 nitrogen and oxygen atoms in total. The van der Waals surface area contributed by atoms with Gasteiger partial charge in [0, 0.05) is 5.92 Å². The summed E-state index contributed by atoms with van der Waals surface area (Å²) < 4.78 is 0. The van der Waals surface area contributed by atoms with Crippen LogP contribution in [0.15, 0.2) is 54.6 Å². The third kappa shape index (κ3) is 3.64. The molecule has 0 aromatic heterocycles. The number of hydrogen-bond donors (Lipinski definition) is 3. The molecule has 3 heteroatoms. The molecule has 3 N–H and O–H groups in total. The van der Waals surface area contributed by atoms with Crippen molar-refractivity contribution in [2.45, 2.75) is 19.3 Å². The Balaban J connectivity index is 2.41. The van der Waals surface area contributed by atoms with Crippen molar-refractivity contribution in [3.8, 4) is 11.5 Å². The summed E-state index contributed by atoms with van der Waals surface area (Å²) in [5.41, 5.74) is 3.08. The summed E-state index contributed by atoms with van der Waals surface area (Å²) in [6, 6.07) is 14.1. The maximum Gasteiger partial charge on any atom is 0.115 e. The van der Waals surface area contributed by atoms with E-state index in [2.05, 4.69) is 6.92 Å². The van der Waals surface area contributed by atoms with Gasteiger partial charge in [0.25, 0.3) is 0 Å². The largest absolute Gasteiger partial charge is 0.508 e. The highest BCUT2D eigenvalue weighted by Gasteiger charge is 2.16. The van der Waals surface area contributed by atoms with E-state index in [-0.39, 0.29) is 24.0 Å². The second-order valence-electron chi connectivity index (χ2n) is 4.94. The van der Waals surface area contributed by atoms with Crippen LogP contribution in [-0.2, 0) is 0 Å². The molecule has 2 rings (SSSR count). The number of benzene rings is 2. The van der Waals surface area contributed by atoms with Crippen LogP contribution in [0, 0.1) is 0 Å². The zero-order valence-electron chi connectivity index (χ0n) is 12.0. The van der Waals surface area contributed by atoms with E-state index in [9.17, 15) is 15.3 Å². The lowest BCUT2D eigenvalue weighted by molar-refractivity contribution is 0.342. The van der Waals surface area contributed by atoms with E-state index >= 15 is 0 Å². The maximum atomic E-state index is 9.42. The third-order valence-electron chi connectivity index (χ3n) is 3.59. The summed E-state index contributed by atoms with van der Waals surface area (Å²) in [6.07, 6.45) is 2.67. The van der Waals surface area contributed by atoms with E-state index < -0.39 is 0 Å². The molecule has 2 aromatic rings. The first-order valence-electron chi connectivity index (χ1n) is 7.05. The monoisotopic (exact) mass is 284 g/mol. The van der Waals surface area contributed by atoms with Gasteiger partial charge in [0.1, 0.15) is 11.5 Å². The summed E-state index contributed by atoms with van der Waals surface area (Å²) in [6.45, 7) is 2.05. The number of phenols is 2. The second kappa shape index (κ2) is 6.95. The van der Waals surface area contributed by atoms with Crippen molar-refractivity contribution >= 4 is 5.57 Å². The van der Waals surface area contributed by atoms with Gasteiger partial charge in [-0.25, -0.2) is 0 Å². The number of allylic oxidation sites excluding steroid dienone is 1. The molecule has 0 bridgehead atoms. The predicted molar refractivity (Wildman–Crippen MR) is 84.3 cm³/mol. The van der Waals surface area contributed by atoms with Crippen molar-refractivity contribution in [1.82, 2.24) is 0 Å². The van der Waals surface area contributed by atoms with E-state index in [4.69, 9.17) is 0 Å². The van der Waals surface area contributed by atoms with Crippen LogP contribution >= 0.6 is 0 Å². The lowest BCUT2D eigenvalue weighted by Gasteiger charge is -2.20. The molecule has 1 atom stereocenters. The number of aliphatic hydroxyl groups excluding tert-OH is 1. The Morgan fingerprint density at radius 3 is 1.95 bits per heavy atom. The van der Waals surface area contributed by atoms with Crippen molar-refractivity contribution < 1.29 is 15.3 Å². The summed E-state index contributed by atoms with van der Waals surface area (Å²) >= 11 is 0. The topological polar surface area (TPSA) is 60.7 Å². The van der Waals surface area contributed by atoms with Gasteiger partial charge in [-0.15, -0.1) is 0 Å². The van der Waals surface area contributed by atoms with Crippen molar-refractivity contribution in [2.75, 3.05) is 6.61 Å². The Kier molecular flexibility index (Phi) is 5.01. The molecular formula is C18H20O3. The highest BCUT2D eigenvalue weighted by Crippen LogP contribution is 2.35. The second-order valence-corrected chi connectivity index (χ2v) is 4.94. The Hall–Kier alpha value is -2.26. The van der Waals surface area contributed by atoms with E-state index in [1.165, 1.54) is 0 Å². The van der Waals surface area contributed by atoms with Crippen LogP contribution in [0.4, 0.5) is 0 Å². The van der Waals surface area contributed by atoms with Gasteiger partial charge in [0.2, 0.25) is 0 Å². The fraction of sp³-hybridized carbons (Fsp3) is 0.222. The molecule has 0 aliphatic heterocycles. The molecule has 0 amide bonds. The van der Waals surface area contributed by atoms with Gasteiger partial charge in [-0.3, -0.25) is 0 Å². The SMILES string of the molecule is CCC(/C(=C/CO)c1ccc(O)cc1)c1ccc(O)cc1. The quantitative estimate of drug-likeness (QED) is 0.785. The Morgan fingerprint density at radius 2 is 1.48 bits per heavy atom. The normalized spacial score (nSPS) is 13.1. The molecular weight excluding hydrogens is 264 g/mol. The van der Waals surface area contributed by atoms with Gasteiger partial charge in [-0.2, -0.15) is 0 Å². The number of phenolic OH excluding ortho intramolecular Hbond substituents is 2. The Morgan fingerprint density at radius 1 is 0.952 bits per heavy atom. The van der Waals surface area contributed by atoms with E-state index in [0.717, 1.165) is 23.1 Å². The zero-order chi connectivity index (χ0) is 15.2.